The van der Waals surface area contributed by atoms with Crippen LogP contribution < -0.4 is 5.73 Å². The molecular formula is C17H28N5O3P. The van der Waals surface area contributed by atoms with Gasteiger partial charge >= 0.3 is 7.60 Å². The van der Waals surface area contributed by atoms with Crippen molar-refractivity contribution in [2.45, 2.75) is 65.7 Å². The Morgan fingerprint density at radius 2 is 1.85 bits per heavy atom. The highest BCUT2D eigenvalue weighted by Gasteiger charge is 2.30. The minimum absolute atomic E-state index is 0.196. The summed E-state index contributed by atoms with van der Waals surface area (Å²) in [6, 6.07) is 0. The monoisotopic (exact) mass is 381 g/mol. The van der Waals surface area contributed by atoms with Gasteiger partial charge in [0, 0.05) is 11.9 Å². The molecule has 0 spiro atoms. The minimum atomic E-state index is -3.32. The predicted molar refractivity (Wildman–Crippen MR) is 103 cm³/mol. The van der Waals surface area contributed by atoms with Crippen LogP contribution in [0.1, 0.15) is 47.0 Å². The first-order valence-electron chi connectivity index (χ1n) is 8.79. The normalized spacial score (nSPS) is 12.4. The Labute approximate surface area is 154 Å². The molecule has 0 atom stereocenters. The number of aromatic nitrogens is 4. The number of imidazole rings is 1. The van der Waals surface area contributed by atoms with Gasteiger partial charge in [-0.1, -0.05) is 6.58 Å². The van der Waals surface area contributed by atoms with E-state index >= 15 is 0 Å². The van der Waals surface area contributed by atoms with E-state index < -0.39 is 7.60 Å². The third-order valence-electron chi connectivity index (χ3n) is 3.63. The van der Waals surface area contributed by atoms with Crippen molar-refractivity contribution < 1.29 is 13.6 Å². The predicted octanol–water partition coefficient (Wildman–Crippen LogP) is 4.14. The number of fused-ring (bicyclic) bond motifs is 1. The van der Waals surface area contributed by atoms with E-state index in [9.17, 15) is 4.57 Å². The van der Waals surface area contributed by atoms with Crippen LogP contribution in [0.2, 0.25) is 0 Å². The second-order valence-corrected chi connectivity index (χ2v) is 8.75. The summed E-state index contributed by atoms with van der Waals surface area (Å²) in [4.78, 5) is 12.4. The van der Waals surface area contributed by atoms with Crippen LogP contribution in [0.4, 0.5) is 5.82 Å². The summed E-state index contributed by atoms with van der Waals surface area (Å²) < 4.78 is 26.1. The number of aryl methyl sites for hydroxylation is 1. The Balaban J connectivity index is 1.92. The molecule has 0 saturated carbocycles. The SMILES string of the molecule is C=C(CCCCn1cnc2c(N)ncnc21)P(=O)(OC(C)C)OC(C)C. The number of hydrogen-bond donors (Lipinski definition) is 1. The van der Waals surface area contributed by atoms with E-state index in [2.05, 4.69) is 21.5 Å². The van der Waals surface area contributed by atoms with Gasteiger partial charge < -0.3 is 19.3 Å². The first kappa shape index (κ1) is 20.6. The molecule has 0 bridgehead atoms. The number of unbranched alkanes of at least 4 members (excludes halogenated alkanes) is 1. The van der Waals surface area contributed by atoms with Crippen molar-refractivity contribution >= 4 is 24.6 Å². The zero-order chi connectivity index (χ0) is 19.3. The van der Waals surface area contributed by atoms with Gasteiger partial charge in [0.2, 0.25) is 0 Å². The maximum absolute atomic E-state index is 13.0. The lowest BCUT2D eigenvalue weighted by Crippen LogP contribution is -2.09. The second kappa shape index (κ2) is 8.75. The average molecular weight is 381 g/mol. The van der Waals surface area contributed by atoms with Gasteiger partial charge in [0.1, 0.15) is 11.8 Å². The highest BCUT2D eigenvalue weighted by atomic mass is 31.2. The largest absolute Gasteiger partial charge is 0.382 e. The first-order valence-corrected chi connectivity index (χ1v) is 10.3. The van der Waals surface area contributed by atoms with Crippen LogP contribution in [0.25, 0.3) is 11.2 Å². The summed E-state index contributed by atoms with van der Waals surface area (Å²) in [6.45, 7) is 12.0. The molecular weight excluding hydrogens is 353 g/mol. The van der Waals surface area contributed by atoms with Crippen LogP contribution in [0.3, 0.4) is 0 Å². The number of nitrogens with two attached hydrogens (primary N) is 1. The third kappa shape index (κ3) is 5.13. The van der Waals surface area contributed by atoms with E-state index in [-0.39, 0.29) is 12.2 Å². The van der Waals surface area contributed by atoms with Crippen LogP contribution >= 0.6 is 7.60 Å². The van der Waals surface area contributed by atoms with Gasteiger partial charge in [0.15, 0.2) is 11.5 Å². The number of nitrogens with zero attached hydrogens (tertiary/aromatic N) is 4. The van der Waals surface area contributed by atoms with E-state index in [1.165, 1.54) is 6.33 Å². The van der Waals surface area contributed by atoms with Crippen molar-refractivity contribution in [3.05, 3.63) is 24.5 Å². The van der Waals surface area contributed by atoms with Gasteiger partial charge in [-0.3, -0.25) is 4.57 Å². The molecule has 9 heteroatoms. The van der Waals surface area contributed by atoms with E-state index in [1.54, 1.807) is 6.33 Å². The number of nitrogen functional groups attached to an aromatic ring is 1. The van der Waals surface area contributed by atoms with Crippen LogP contribution in [-0.2, 0) is 20.2 Å². The zero-order valence-electron chi connectivity index (χ0n) is 15.9. The number of anilines is 1. The van der Waals surface area contributed by atoms with Gasteiger partial charge in [0.05, 0.1) is 18.5 Å². The van der Waals surface area contributed by atoms with Crippen molar-refractivity contribution in [1.82, 2.24) is 19.5 Å². The van der Waals surface area contributed by atoms with Crippen LogP contribution in [0.5, 0.6) is 0 Å². The van der Waals surface area contributed by atoms with Crippen molar-refractivity contribution in [2.75, 3.05) is 5.73 Å². The molecule has 2 N–H and O–H groups in total. The molecule has 2 aromatic heterocycles. The topological polar surface area (TPSA) is 105 Å². The Morgan fingerprint density at radius 1 is 1.19 bits per heavy atom. The van der Waals surface area contributed by atoms with Crippen LogP contribution in [0, 0.1) is 0 Å². The Hall–Kier alpha value is -1.76. The fourth-order valence-electron chi connectivity index (χ4n) is 2.54. The standard InChI is InChI=1S/C17H28N5O3P/c1-12(2)24-26(23,25-13(3)4)14(5)8-6-7-9-22-11-21-15-16(18)19-10-20-17(15)22/h10-13H,5-9H2,1-4H3,(H2,18,19,20). The molecule has 0 aliphatic carbocycles. The molecule has 0 fully saturated rings. The Kier molecular flexibility index (Phi) is 6.92. The lowest BCUT2D eigenvalue weighted by molar-refractivity contribution is 0.146. The average Bonchev–Trinajstić information content (AvgIpc) is 2.94. The van der Waals surface area contributed by atoms with Crippen molar-refractivity contribution in [1.29, 1.82) is 0 Å². The Morgan fingerprint density at radius 3 is 2.46 bits per heavy atom. The van der Waals surface area contributed by atoms with Gasteiger partial charge in [-0.2, -0.15) is 0 Å². The highest BCUT2D eigenvalue weighted by Crippen LogP contribution is 2.58. The summed E-state index contributed by atoms with van der Waals surface area (Å²) in [5.41, 5.74) is 7.12. The van der Waals surface area contributed by atoms with E-state index in [0.717, 1.165) is 19.4 Å². The van der Waals surface area contributed by atoms with Crippen molar-refractivity contribution in [3.8, 4) is 0 Å². The molecule has 144 valence electrons. The maximum Gasteiger partial charge on any atom is 0.357 e. The second-order valence-electron chi connectivity index (χ2n) is 6.70. The quantitative estimate of drug-likeness (QED) is 0.487. The molecule has 26 heavy (non-hydrogen) atoms. The molecule has 0 aromatic carbocycles. The van der Waals surface area contributed by atoms with E-state index in [4.69, 9.17) is 14.8 Å². The Bertz CT molecular complexity index is 789. The van der Waals surface area contributed by atoms with E-state index in [0.29, 0.717) is 28.7 Å². The molecule has 0 aliphatic heterocycles. The zero-order valence-corrected chi connectivity index (χ0v) is 16.8. The summed E-state index contributed by atoms with van der Waals surface area (Å²) in [5, 5.41) is 0.516. The van der Waals surface area contributed by atoms with Gasteiger partial charge in [-0.15, -0.1) is 0 Å². The van der Waals surface area contributed by atoms with Gasteiger partial charge in [-0.05, 0) is 47.0 Å². The summed E-state index contributed by atoms with van der Waals surface area (Å²) in [5.74, 6) is 0.375. The van der Waals surface area contributed by atoms with E-state index in [1.807, 2.05) is 32.3 Å². The first-order chi connectivity index (χ1) is 12.2. The molecule has 0 unspecified atom stereocenters. The number of rotatable bonds is 10. The summed E-state index contributed by atoms with van der Waals surface area (Å²) in [7, 11) is -3.32. The smallest absolute Gasteiger partial charge is 0.357 e. The minimum Gasteiger partial charge on any atom is -0.382 e. The molecule has 0 aliphatic rings. The molecule has 2 heterocycles. The summed E-state index contributed by atoms with van der Waals surface area (Å²) >= 11 is 0. The van der Waals surface area contributed by atoms with Crippen LogP contribution in [-0.4, -0.2) is 31.7 Å². The van der Waals surface area contributed by atoms with Crippen molar-refractivity contribution in [2.24, 2.45) is 0 Å². The summed E-state index contributed by atoms with van der Waals surface area (Å²) in [6.07, 6.45) is 4.96. The molecule has 2 rings (SSSR count). The fraction of sp³-hybridized carbons (Fsp3) is 0.588. The molecule has 0 amide bonds. The number of hydrogen-bond acceptors (Lipinski definition) is 7. The molecule has 8 nitrogen and oxygen atoms in total. The van der Waals surface area contributed by atoms with Crippen molar-refractivity contribution in [3.63, 3.8) is 0 Å². The highest BCUT2D eigenvalue weighted by molar-refractivity contribution is 7.58. The number of allylic oxidation sites excluding steroid dienone is 1. The third-order valence-corrected chi connectivity index (χ3v) is 6.03. The lowest BCUT2D eigenvalue weighted by atomic mass is 10.2. The maximum atomic E-state index is 13.0. The van der Waals surface area contributed by atoms with Gasteiger partial charge in [-0.25, -0.2) is 15.0 Å². The molecule has 0 radical (unpaired) electrons. The molecule has 2 aromatic rings. The fourth-order valence-corrected chi connectivity index (χ4v) is 4.43. The molecule has 0 saturated heterocycles. The lowest BCUT2D eigenvalue weighted by Gasteiger charge is -2.24. The van der Waals surface area contributed by atoms with Crippen LogP contribution in [0.15, 0.2) is 24.5 Å². The van der Waals surface area contributed by atoms with Gasteiger partial charge in [0.25, 0.3) is 0 Å².